The Labute approximate surface area is 194 Å². The van der Waals surface area contributed by atoms with Gasteiger partial charge in [0.25, 0.3) is 5.91 Å². The van der Waals surface area contributed by atoms with Gasteiger partial charge < -0.3 is 19.8 Å². The van der Waals surface area contributed by atoms with Crippen LogP contribution in [0.15, 0.2) is 42.5 Å². The van der Waals surface area contributed by atoms with Crippen molar-refractivity contribution in [2.45, 2.75) is 45.2 Å². The number of nitrogens with two attached hydrogens (primary N) is 1. The molecule has 1 aliphatic heterocycles. The molecule has 1 atom stereocenters. The molecule has 2 aromatic carbocycles. The molecule has 170 valence electrons. The normalized spacial score (nSPS) is 19.0. The smallest absolute Gasteiger partial charge is 0.253 e. The number of hydrogen-bond acceptors (Lipinski definition) is 3. The fourth-order valence-corrected chi connectivity index (χ4v) is 5.27. The molecule has 2 aromatic heterocycles. The summed E-state index contributed by atoms with van der Waals surface area (Å²) in [6, 6.07) is 14.9. The van der Waals surface area contributed by atoms with Gasteiger partial charge in [0.15, 0.2) is 5.82 Å². The van der Waals surface area contributed by atoms with E-state index >= 15 is 0 Å². The van der Waals surface area contributed by atoms with Crippen molar-refractivity contribution in [3.8, 4) is 11.5 Å². The largest absolute Gasteiger partial charge is 0.338 e. The first-order valence-corrected chi connectivity index (χ1v) is 12.1. The summed E-state index contributed by atoms with van der Waals surface area (Å²) in [5.41, 5.74) is 12.4. The van der Waals surface area contributed by atoms with Gasteiger partial charge >= 0.3 is 0 Å². The highest BCUT2D eigenvalue weighted by Crippen LogP contribution is 2.36. The fraction of sp³-hybridized carbons (Fsp3) is 0.407. The fourth-order valence-electron chi connectivity index (χ4n) is 5.27. The number of rotatable bonds is 4. The summed E-state index contributed by atoms with van der Waals surface area (Å²) < 4.78 is 4.60. The lowest BCUT2D eigenvalue weighted by atomic mass is 10.1. The number of nitrogens with zero attached hydrogens (tertiary/aromatic N) is 4. The number of aryl methyl sites for hydroxylation is 2. The molecule has 1 saturated heterocycles. The number of aromatic nitrogens is 3. The van der Waals surface area contributed by atoms with Crippen LogP contribution in [0.25, 0.3) is 33.5 Å². The van der Waals surface area contributed by atoms with Crippen molar-refractivity contribution in [3.63, 3.8) is 0 Å². The Morgan fingerprint density at radius 3 is 2.70 bits per heavy atom. The van der Waals surface area contributed by atoms with Crippen LogP contribution >= 0.6 is 0 Å². The Morgan fingerprint density at radius 1 is 1.09 bits per heavy atom. The molecule has 1 amide bonds. The first-order chi connectivity index (χ1) is 16.0. The quantitative estimate of drug-likeness (QED) is 0.508. The van der Waals surface area contributed by atoms with Crippen molar-refractivity contribution in [2.75, 3.05) is 13.1 Å². The molecule has 2 aliphatic rings. The summed E-state index contributed by atoms with van der Waals surface area (Å²) in [5.74, 6) is 1.76. The van der Waals surface area contributed by atoms with Crippen LogP contribution in [-0.4, -0.2) is 44.1 Å². The molecule has 1 aliphatic carbocycles. The number of carbonyl (C=O) groups excluding carboxylic acids is 1. The van der Waals surface area contributed by atoms with Gasteiger partial charge in [-0.25, -0.2) is 4.98 Å². The van der Waals surface area contributed by atoms with Crippen LogP contribution in [0.3, 0.4) is 0 Å². The Kier molecular flexibility index (Phi) is 4.80. The minimum absolute atomic E-state index is 0.0533. The Hall–Kier alpha value is -3.12. The molecule has 1 saturated carbocycles. The SMILES string of the molecule is Cc1ccc2c(c1)cc(-c1nc3cc(C(=O)N4CCC[C@@H](N)C4)ccc3n1C)n2CC1CC1. The highest BCUT2D eigenvalue weighted by atomic mass is 16.2. The van der Waals surface area contributed by atoms with Crippen LogP contribution in [0.1, 0.15) is 41.6 Å². The van der Waals surface area contributed by atoms with Gasteiger partial charge in [0.2, 0.25) is 0 Å². The number of amides is 1. The summed E-state index contributed by atoms with van der Waals surface area (Å²) in [6.45, 7) is 4.58. The van der Waals surface area contributed by atoms with Gasteiger partial charge in [-0.3, -0.25) is 4.79 Å². The van der Waals surface area contributed by atoms with Crippen molar-refractivity contribution in [1.82, 2.24) is 19.0 Å². The molecule has 0 spiro atoms. The van der Waals surface area contributed by atoms with Crippen LogP contribution < -0.4 is 5.73 Å². The summed E-state index contributed by atoms with van der Waals surface area (Å²) in [5, 5.41) is 1.26. The second-order valence-corrected chi connectivity index (χ2v) is 10.00. The molecular formula is C27H31N5O. The van der Waals surface area contributed by atoms with E-state index in [4.69, 9.17) is 10.7 Å². The first-order valence-electron chi connectivity index (χ1n) is 12.1. The van der Waals surface area contributed by atoms with E-state index in [2.05, 4.69) is 47.4 Å². The molecule has 3 heterocycles. The summed E-state index contributed by atoms with van der Waals surface area (Å²) in [7, 11) is 2.07. The lowest BCUT2D eigenvalue weighted by Crippen LogP contribution is -2.45. The van der Waals surface area contributed by atoms with Crippen LogP contribution in [0, 0.1) is 12.8 Å². The van der Waals surface area contributed by atoms with Crippen molar-refractivity contribution < 1.29 is 4.79 Å². The summed E-state index contributed by atoms with van der Waals surface area (Å²) >= 11 is 0. The maximum Gasteiger partial charge on any atom is 0.253 e. The van der Waals surface area contributed by atoms with Crippen molar-refractivity contribution in [2.24, 2.45) is 18.7 Å². The van der Waals surface area contributed by atoms with Crippen LogP contribution in [0.2, 0.25) is 0 Å². The van der Waals surface area contributed by atoms with Gasteiger partial charge in [-0.2, -0.15) is 0 Å². The number of carbonyl (C=O) groups is 1. The average Bonchev–Trinajstić information content (AvgIpc) is 3.48. The van der Waals surface area contributed by atoms with E-state index in [1.54, 1.807) is 0 Å². The minimum Gasteiger partial charge on any atom is -0.338 e. The Balaban J connectivity index is 1.42. The number of piperidine rings is 1. The molecule has 0 radical (unpaired) electrons. The molecule has 0 unspecified atom stereocenters. The summed E-state index contributed by atoms with van der Waals surface area (Å²) in [4.78, 5) is 20.0. The van der Waals surface area contributed by atoms with Crippen LogP contribution in [0.4, 0.5) is 0 Å². The third-order valence-corrected chi connectivity index (χ3v) is 7.30. The molecule has 6 heteroatoms. The van der Waals surface area contributed by atoms with Gasteiger partial charge in [-0.05, 0) is 74.9 Å². The number of fused-ring (bicyclic) bond motifs is 2. The molecule has 4 aromatic rings. The third-order valence-electron chi connectivity index (χ3n) is 7.30. The lowest BCUT2D eigenvalue weighted by Gasteiger charge is -2.30. The second kappa shape index (κ2) is 7.73. The van der Waals surface area contributed by atoms with Gasteiger partial charge in [-0.1, -0.05) is 11.6 Å². The van der Waals surface area contributed by atoms with E-state index in [-0.39, 0.29) is 11.9 Å². The van der Waals surface area contributed by atoms with Crippen LogP contribution in [0.5, 0.6) is 0 Å². The monoisotopic (exact) mass is 441 g/mol. The molecule has 33 heavy (non-hydrogen) atoms. The van der Waals surface area contributed by atoms with E-state index in [0.717, 1.165) is 54.4 Å². The Bertz CT molecular complexity index is 1380. The molecule has 2 fully saturated rings. The molecule has 6 rings (SSSR count). The lowest BCUT2D eigenvalue weighted by molar-refractivity contribution is 0.0709. The zero-order valence-electron chi connectivity index (χ0n) is 19.4. The van der Waals surface area contributed by atoms with E-state index in [1.165, 1.54) is 29.3 Å². The Morgan fingerprint density at radius 2 is 1.91 bits per heavy atom. The standard InChI is InChI=1S/C27H31N5O/c1-17-5-9-23-20(12-17)14-25(32(23)15-18-6-7-18)26-29-22-13-19(8-10-24(22)30(26)2)27(33)31-11-3-4-21(28)16-31/h5,8-10,12-14,18,21H,3-4,6-7,11,15-16,28H2,1-2H3/t21-/m1/s1. The zero-order chi connectivity index (χ0) is 22.7. The van der Waals surface area contributed by atoms with Gasteiger partial charge in [0.1, 0.15) is 0 Å². The number of benzene rings is 2. The molecule has 6 nitrogen and oxygen atoms in total. The van der Waals surface area contributed by atoms with Gasteiger partial charge in [0, 0.05) is 49.2 Å². The molecule has 2 N–H and O–H groups in total. The molecular weight excluding hydrogens is 410 g/mol. The van der Waals surface area contributed by atoms with Crippen molar-refractivity contribution in [1.29, 1.82) is 0 Å². The predicted octanol–water partition coefficient (Wildman–Crippen LogP) is 4.48. The maximum atomic E-state index is 13.1. The number of likely N-dealkylation sites (tertiary alicyclic amines) is 1. The molecule has 0 bridgehead atoms. The number of imidazole rings is 1. The van der Waals surface area contributed by atoms with Gasteiger partial charge in [0.05, 0.1) is 16.7 Å². The van der Waals surface area contributed by atoms with Crippen molar-refractivity contribution in [3.05, 3.63) is 53.6 Å². The highest BCUT2D eigenvalue weighted by Gasteiger charge is 2.26. The minimum atomic E-state index is 0.0533. The first kappa shape index (κ1) is 20.5. The average molecular weight is 442 g/mol. The second-order valence-electron chi connectivity index (χ2n) is 10.00. The van der Waals surface area contributed by atoms with E-state index in [0.29, 0.717) is 12.1 Å². The van der Waals surface area contributed by atoms with E-state index in [1.807, 2.05) is 23.1 Å². The predicted molar refractivity (Wildman–Crippen MR) is 132 cm³/mol. The van der Waals surface area contributed by atoms with Crippen molar-refractivity contribution >= 4 is 27.8 Å². The van der Waals surface area contributed by atoms with Crippen LogP contribution in [-0.2, 0) is 13.6 Å². The topological polar surface area (TPSA) is 69.1 Å². The third kappa shape index (κ3) is 3.62. The number of hydrogen-bond donors (Lipinski definition) is 1. The van der Waals surface area contributed by atoms with Gasteiger partial charge in [-0.15, -0.1) is 0 Å². The van der Waals surface area contributed by atoms with E-state index < -0.39 is 0 Å². The van der Waals surface area contributed by atoms with E-state index in [9.17, 15) is 4.79 Å². The maximum absolute atomic E-state index is 13.1. The highest BCUT2D eigenvalue weighted by molar-refractivity contribution is 5.98. The summed E-state index contributed by atoms with van der Waals surface area (Å²) in [6.07, 6.45) is 4.56. The zero-order valence-corrected chi connectivity index (χ0v) is 19.4.